The van der Waals surface area contributed by atoms with Crippen LogP contribution in [-0.2, 0) is 16.1 Å². The van der Waals surface area contributed by atoms with E-state index >= 15 is 0 Å². The number of aromatic nitrogens is 1. The van der Waals surface area contributed by atoms with Crippen molar-refractivity contribution in [2.75, 3.05) is 0 Å². The number of nitrogens with zero attached hydrogens (tertiary/aromatic N) is 1. The Morgan fingerprint density at radius 1 is 1.38 bits per heavy atom. The highest BCUT2D eigenvalue weighted by Gasteiger charge is 2.06. The van der Waals surface area contributed by atoms with Crippen molar-refractivity contribution in [3.63, 3.8) is 0 Å². The lowest BCUT2D eigenvalue weighted by molar-refractivity contribution is -0.142. The summed E-state index contributed by atoms with van der Waals surface area (Å²) in [5.41, 5.74) is 1.71. The first kappa shape index (κ1) is 10.4. The Kier molecular flexibility index (Phi) is 3.00. The maximum absolute atomic E-state index is 10.6. The van der Waals surface area contributed by atoms with Crippen molar-refractivity contribution in [1.29, 1.82) is 0 Å². The molecule has 0 aliphatic heterocycles. The summed E-state index contributed by atoms with van der Waals surface area (Å²) < 4.78 is 9.85. The third-order valence-corrected chi connectivity index (χ3v) is 2.05. The van der Waals surface area contributed by atoms with Crippen LogP contribution in [0.25, 0.3) is 11.3 Å². The van der Waals surface area contributed by atoms with Crippen LogP contribution in [0.5, 0.6) is 0 Å². The fourth-order valence-corrected chi connectivity index (χ4v) is 1.30. The van der Waals surface area contributed by atoms with Gasteiger partial charge in [-0.1, -0.05) is 35.5 Å². The zero-order valence-corrected chi connectivity index (χ0v) is 8.84. The molecule has 0 aliphatic carbocycles. The van der Waals surface area contributed by atoms with Gasteiger partial charge in [-0.15, -0.1) is 0 Å². The number of ether oxygens (including phenoxy) is 1. The summed E-state index contributed by atoms with van der Waals surface area (Å²) in [5, 5.41) is 3.90. The quantitative estimate of drug-likeness (QED) is 0.741. The Balaban J connectivity index is 2.11. The van der Waals surface area contributed by atoms with E-state index in [1.807, 2.05) is 30.3 Å². The van der Waals surface area contributed by atoms with Crippen molar-refractivity contribution in [2.45, 2.75) is 13.5 Å². The molecule has 0 saturated carbocycles. The van der Waals surface area contributed by atoms with Gasteiger partial charge in [0.05, 0.1) is 0 Å². The minimum Gasteiger partial charge on any atom is -0.458 e. The summed E-state index contributed by atoms with van der Waals surface area (Å²) in [6.45, 7) is 1.48. The molecule has 2 rings (SSSR count). The Bertz CT molecular complexity index is 476. The molecule has 16 heavy (non-hydrogen) atoms. The lowest BCUT2D eigenvalue weighted by Crippen LogP contribution is -1.97. The Morgan fingerprint density at radius 3 is 2.81 bits per heavy atom. The van der Waals surface area contributed by atoms with Gasteiger partial charge in [-0.2, -0.15) is 0 Å². The van der Waals surface area contributed by atoms with Crippen LogP contribution < -0.4 is 0 Å². The molecule has 1 aromatic heterocycles. The van der Waals surface area contributed by atoms with Gasteiger partial charge in [-0.05, 0) is 0 Å². The van der Waals surface area contributed by atoms with Crippen LogP contribution in [0.3, 0.4) is 0 Å². The molecule has 0 bridgehead atoms. The largest absolute Gasteiger partial charge is 0.458 e. The molecule has 0 fully saturated rings. The molecule has 1 aromatic carbocycles. The van der Waals surface area contributed by atoms with Gasteiger partial charge in [0.1, 0.15) is 5.69 Å². The number of hydrogen-bond donors (Lipinski definition) is 0. The Morgan fingerprint density at radius 2 is 2.12 bits per heavy atom. The first-order valence-electron chi connectivity index (χ1n) is 4.90. The highest BCUT2D eigenvalue weighted by Crippen LogP contribution is 2.18. The smallest absolute Gasteiger partial charge is 0.303 e. The van der Waals surface area contributed by atoms with E-state index in [1.54, 1.807) is 6.07 Å². The normalized spacial score (nSPS) is 10.1. The van der Waals surface area contributed by atoms with E-state index in [0.717, 1.165) is 11.3 Å². The average Bonchev–Trinajstić information content (AvgIpc) is 2.76. The minimum absolute atomic E-state index is 0.120. The molecule has 1 heterocycles. The molecule has 0 radical (unpaired) electrons. The first-order valence-corrected chi connectivity index (χ1v) is 4.90. The van der Waals surface area contributed by atoms with Crippen LogP contribution in [0.4, 0.5) is 0 Å². The average molecular weight is 217 g/mol. The number of carbonyl (C=O) groups excluding carboxylic acids is 1. The molecule has 82 valence electrons. The van der Waals surface area contributed by atoms with Crippen molar-refractivity contribution >= 4 is 5.97 Å². The van der Waals surface area contributed by atoms with Gasteiger partial charge in [0.15, 0.2) is 12.4 Å². The van der Waals surface area contributed by atoms with E-state index in [1.165, 1.54) is 6.92 Å². The highest BCUT2D eigenvalue weighted by atomic mass is 16.5. The Labute approximate surface area is 92.8 Å². The van der Waals surface area contributed by atoms with Crippen LogP contribution in [0, 0.1) is 0 Å². The van der Waals surface area contributed by atoms with Gasteiger partial charge in [-0.3, -0.25) is 4.79 Å². The number of rotatable bonds is 3. The summed E-state index contributed by atoms with van der Waals surface area (Å²) in [6, 6.07) is 11.4. The van der Waals surface area contributed by atoms with Crippen molar-refractivity contribution in [2.24, 2.45) is 0 Å². The summed E-state index contributed by atoms with van der Waals surface area (Å²) in [7, 11) is 0. The van der Waals surface area contributed by atoms with Gasteiger partial charge in [0.2, 0.25) is 0 Å². The second-order valence-corrected chi connectivity index (χ2v) is 3.32. The molecular weight excluding hydrogens is 206 g/mol. The molecule has 2 aromatic rings. The predicted octanol–water partition coefficient (Wildman–Crippen LogP) is 2.40. The molecule has 0 N–H and O–H groups in total. The van der Waals surface area contributed by atoms with Crippen LogP contribution in [0.2, 0.25) is 0 Å². The van der Waals surface area contributed by atoms with Gasteiger partial charge < -0.3 is 9.26 Å². The lowest BCUT2D eigenvalue weighted by atomic mass is 10.1. The molecule has 0 aliphatic rings. The fraction of sp³-hybridized carbons (Fsp3) is 0.167. The van der Waals surface area contributed by atoms with Gasteiger partial charge in [0, 0.05) is 18.6 Å². The van der Waals surface area contributed by atoms with E-state index in [-0.39, 0.29) is 12.6 Å². The molecule has 0 amide bonds. The summed E-state index contributed by atoms with van der Waals surface area (Å²) in [5.74, 6) is 0.201. The topological polar surface area (TPSA) is 52.3 Å². The molecular formula is C12H11NO3. The van der Waals surface area contributed by atoms with Gasteiger partial charge in [-0.25, -0.2) is 0 Å². The first-order chi connectivity index (χ1) is 7.75. The molecule has 0 atom stereocenters. The fourth-order valence-electron chi connectivity index (χ4n) is 1.30. The van der Waals surface area contributed by atoms with Crippen molar-refractivity contribution < 1.29 is 14.1 Å². The second kappa shape index (κ2) is 4.61. The van der Waals surface area contributed by atoms with Crippen molar-refractivity contribution in [3.05, 3.63) is 42.2 Å². The molecule has 4 heteroatoms. The van der Waals surface area contributed by atoms with E-state index in [2.05, 4.69) is 5.16 Å². The molecule has 0 saturated heterocycles. The number of esters is 1. The van der Waals surface area contributed by atoms with E-state index in [9.17, 15) is 4.79 Å². The van der Waals surface area contributed by atoms with E-state index in [4.69, 9.17) is 9.26 Å². The van der Waals surface area contributed by atoms with Crippen LogP contribution >= 0.6 is 0 Å². The van der Waals surface area contributed by atoms with Gasteiger partial charge in [0.25, 0.3) is 0 Å². The monoisotopic (exact) mass is 217 g/mol. The lowest BCUT2D eigenvalue weighted by Gasteiger charge is -1.94. The Hall–Kier alpha value is -2.10. The standard InChI is InChI=1S/C12H11NO3/c1-9(14)15-8-11-7-12(13-16-11)10-5-3-2-4-6-10/h2-7H,8H2,1H3. The zero-order chi connectivity index (χ0) is 11.4. The summed E-state index contributed by atoms with van der Waals surface area (Å²) in [6.07, 6.45) is 0. The molecule has 0 spiro atoms. The van der Waals surface area contributed by atoms with Crippen molar-refractivity contribution in [1.82, 2.24) is 5.16 Å². The molecule has 4 nitrogen and oxygen atoms in total. The highest BCUT2D eigenvalue weighted by molar-refractivity contribution is 5.66. The predicted molar refractivity (Wildman–Crippen MR) is 57.4 cm³/mol. The maximum atomic E-state index is 10.6. The van der Waals surface area contributed by atoms with Gasteiger partial charge >= 0.3 is 5.97 Å². The summed E-state index contributed by atoms with van der Waals surface area (Å²) >= 11 is 0. The maximum Gasteiger partial charge on any atom is 0.303 e. The van der Waals surface area contributed by atoms with E-state index in [0.29, 0.717) is 5.76 Å². The number of carbonyl (C=O) groups is 1. The minimum atomic E-state index is -0.335. The van der Waals surface area contributed by atoms with Crippen LogP contribution in [0.1, 0.15) is 12.7 Å². The zero-order valence-electron chi connectivity index (χ0n) is 8.84. The number of hydrogen-bond acceptors (Lipinski definition) is 4. The van der Waals surface area contributed by atoms with E-state index < -0.39 is 0 Å². The van der Waals surface area contributed by atoms with Crippen LogP contribution in [-0.4, -0.2) is 11.1 Å². The summed E-state index contributed by atoms with van der Waals surface area (Å²) in [4.78, 5) is 10.6. The SMILES string of the molecule is CC(=O)OCc1cc(-c2ccccc2)no1. The van der Waals surface area contributed by atoms with Crippen molar-refractivity contribution in [3.8, 4) is 11.3 Å². The third-order valence-electron chi connectivity index (χ3n) is 2.05. The number of benzene rings is 1. The molecule has 0 unspecified atom stereocenters. The van der Waals surface area contributed by atoms with Crippen LogP contribution in [0.15, 0.2) is 40.9 Å². The second-order valence-electron chi connectivity index (χ2n) is 3.32. The third kappa shape index (κ3) is 2.48.